The SMILES string of the molecule is CC1COC(Cn2cncn2)(c2ccc(Oc3cc(Cl)ccc3F)cc2)O1. The van der Waals surface area contributed by atoms with E-state index in [1.807, 2.05) is 19.1 Å². The molecule has 0 radical (unpaired) electrons. The second-order valence-electron chi connectivity index (χ2n) is 6.29. The molecule has 0 spiro atoms. The van der Waals surface area contributed by atoms with E-state index in [4.69, 9.17) is 25.8 Å². The highest BCUT2D eigenvalue weighted by atomic mass is 35.5. The van der Waals surface area contributed by atoms with Crippen molar-refractivity contribution < 1.29 is 18.6 Å². The van der Waals surface area contributed by atoms with Crippen molar-refractivity contribution >= 4 is 11.6 Å². The summed E-state index contributed by atoms with van der Waals surface area (Å²) < 4.78 is 33.2. The molecule has 4 rings (SSSR count). The van der Waals surface area contributed by atoms with Gasteiger partial charge >= 0.3 is 0 Å². The molecule has 1 fully saturated rings. The minimum absolute atomic E-state index is 0.0509. The van der Waals surface area contributed by atoms with Crippen molar-refractivity contribution in [2.45, 2.75) is 25.4 Å². The summed E-state index contributed by atoms with van der Waals surface area (Å²) in [7, 11) is 0. The molecule has 2 aromatic carbocycles. The summed E-state index contributed by atoms with van der Waals surface area (Å²) in [6.45, 7) is 2.78. The molecule has 1 aromatic heterocycles. The quantitative estimate of drug-likeness (QED) is 0.656. The van der Waals surface area contributed by atoms with Crippen molar-refractivity contribution in [2.24, 2.45) is 0 Å². The molecule has 2 heterocycles. The van der Waals surface area contributed by atoms with Gasteiger partial charge in [0.05, 0.1) is 12.7 Å². The third-order valence-corrected chi connectivity index (χ3v) is 4.43. The normalized spacial score (nSPS) is 22.1. The van der Waals surface area contributed by atoms with Gasteiger partial charge < -0.3 is 14.2 Å². The monoisotopic (exact) mass is 389 g/mol. The van der Waals surface area contributed by atoms with Gasteiger partial charge in [-0.1, -0.05) is 11.6 Å². The highest BCUT2D eigenvalue weighted by Crippen LogP contribution is 2.37. The number of rotatable bonds is 5. The van der Waals surface area contributed by atoms with Crippen LogP contribution in [0.4, 0.5) is 4.39 Å². The molecule has 2 unspecified atom stereocenters. The van der Waals surface area contributed by atoms with E-state index < -0.39 is 11.6 Å². The summed E-state index contributed by atoms with van der Waals surface area (Å²) >= 11 is 5.90. The van der Waals surface area contributed by atoms with Gasteiger partial charge in [0.1, 0.15) is 24.9 Å². The lowest BCUT2D eigenvalue weighted by molar-refractivity contribution is -0.186. The van der Waals surface area contributed by atoms with E-state index in [-0.39, 0.29) is 11.9 Å². The summed E-state index contributed by atoms with van der Waals surface area (Å²) in [5.74, 6) is -0.911. The molecule has 8 heteroatoms. The van der Waals surface area contributed by atoms with Gasteiger partial charge in [-0.25, -0.2) is 14.1 Å². The first-order valence-electron chi connectivity index (χ1n) is 8.42. The Balaban J connectivity index is 1.58. The third kappa shape index (κ3) is 3.80. The third-order valence-electron chi connectivity index (χ3n) is 4.19. The lowest BCUT2D eigenvalue weighted by Gasteiger charge is -2.28. The molecule has 140 valence electrons. The summed E-state index contributed by atoms with van der Waals surface area (Å²) in [5, 5.41) is 4.53. The number of hydrogen-bond acceptors (Lipinski definition) is 5. The minimum Gasteiger partial charge on any atom is -0.454 e. The van der Waals surface area contributed by atoms with Crippen LogP contribution in [-0.4, -0.2) is 27.5 Å². The van der Waals surface area contributed by atoms with Crippen LogP contribution in [0.1, 0.15) is 12.5 Å². The van der Waals surface area contributed by atoms with Crippen molar-refractivity contribution in [1.29, 1.82) is 0 Å². The maximum atomic E-state index is 13.9. The molecule has 0 amide bonds. The Morgan fingerprint density at radius 2 is 2.11 bits per heavy atom. The zero-order valence-corrected chi connectivity index (χ0v) is 15.3. The van der Waals surface area contributed by atoms with Gasteiger partial charge in [-0.2, -0.15) is 5.10 Å². The Morgan fingerprint density at radius 3 is 2.78 bits per heavy atom. The highest BCUT2D eigenvalue weighted by molar-refractivity contribution is 6.30. The fourth-order valence-electron chi connectivity index (χ4n) is 2.96. The van der Waals surface area contributed by atoms with E-state index >= 15 is 0 Å². The average Bonchev–Trinajstić information content (AvgIpc) is 3.29. The second-order valence-corrected chi connectivity index (χ2v) is 6.72. The van der Waals surface area contributed by atoms with E-state index in [1.54, 1.807) is 23.1 Å². The van der Waals surface area contributed by atoms with E-state index in [9.17, 15) is 4.39 Å². The Morgan fingerprint density at radius 1 is 1.30 bits per heavy atom. The first kappa shape index (κ1) is 17.9. The molecule has 2 atom stereocenters. The van der Waals surface area contributed by atoms with Gasteiger partial charge in [0, 0.05) is 16.7 Å². The van der Waals surface area contributed by atoms with Crippen molar-refractivity contribution in [3.8, 4) is 11.5 Å². The molecule has 0 aliphatic carbocycles. The van der Waals surface area contributed by atoms with Gasteiger partial charge in [0.2, 0.25) is 5.79 Å². The van der Waals surface area contributed by atoms with Crippen molar-refractivity contribution in [1.82, 2.24) is 14.8 Å². The molecule has 27 heavy (non-hydrogen) atoms. The summed E-state index contributed by atoms with van der Waals surface area (Å²) in [4.78, 5) is 3.96. The zero-order chi connectivity index (χ0) is 18.9. The first-order valence-corrected chi connectivity index (χ1v) is 8.79. The lowest BCUT2D eigenvalue weighted by atomic mass is 10.1. The van der Waals surface area contributed by atoms with Gasteiger partial charge in [0.15, 0.2) is 11.6 Å². The number of aromatic nitrogens is 3. The highest BCUT2D eigenvalue weighted by Gasteiger charge is 2.42. The van der Waals surface area contributed by atoms with Crippen LogP contribution in [-0.2, 0) is 21.8 Å². The molecular formula is C19H17ClFN3O3. The van der Waals surface area contributed by atoms with Crippen molar-refractivity contribution in [2.75, 3.05) is 6.61 Å². The molecule has 1 aliphatic rings. The van der Waals surface area contributed by atoms with Crippen LogP contribution in [0.2, 0.25) is 5.02 Å². The topological polar surface area (TPSA) is 58.4 Å². The summed E-state index contributed by atoms with van der Waals surface area (Å²) in [6, 6.07) is 11.3. The number of halogens is 2. The van der Waals surface area contributed by atoms with Crippen LogP contribution in [0.5, 0.6) is 11.5 Å². The zero-order valence-electron chi connectivity index (χ0n) is 14.5. The van der Waals surface area contributed by atoms with Crippen LogP contribution in [0.25, 0.3) is 0 Å². The second kappa shape index (κ2) is 7.26. The fourth-order valence-corrected chi connectivity index (χ4v) is 3.12. The van der Waals surface area contributed by atoms with Gasteiger partial charge in [-0.3, -0.25) is 0 Å². The predicted molar refractivity (Wildman–Crippen MR) is 96.1 cm³/mol. The Kier molecular flexibility index (Phi) is 4.82. The van der Waals surface area contributed by atoms with Crippen LogP contribution < -0.4 is 4.74 Å². The van der Waals surface area contributed by atoms with Crippen LogP contribution >= 0.6 is 11.6 Å². The molecule has 6 nitrogen and oxygen atoms in total. The van der Waals surface area contributed by atoms with E-state index in [1.165, 1.54) is 24.5 Å². The number of hydrogen-bond donors (Lipinski definition) is 0. The number of nitrogens with zero attached hydrogens (tertiary/aromatic N) is 3. The van der Waals surface area contributed by atoms with E-state index in [2.05, 4.69) is 10.1 Å². The number of ether oxygens (including phenoxy) is 3. The molecule has 1 saturated heterocycles. The van der Waals surface area contributed by atoms with Crippen LogP contribution in [0.15, 0.2) is 55.1 Å². The molecule has 0 N–H and O–H groups in total. The molecular weight excluding hydrogens is 373 g/mol. The summed E-state index contributed by atoms with van der Waals surface area (Å²) in [6.07, 6.45) is 3.02. The predicted octanol–water partition coefficient (Wildman–Crippen LogP) is 4.15. The smallest absolute Gasteiger partial charge is 0.215 e. The van der Waals surface area contributed by atoms with E-state index in [0.717, 1.165) is 5.56 Å². The van der Waals surface area contributed by atoms with Gasteiger partial charge in [-0.15, -0.1) is 0 Å². The van der Waals surface area contributed by atoms with Crippen molar-refractivity contribution in [3.05, 3.63) is 71.5 Å². The first-order chi connectivity index (χ1) is 13.0. The maximum absolute atomic E-state index is 13.9. The average molecular weight is 390 g/mol. The Hall–Kier alpha value is -2.48. The maximum Gasteiger partial charge on any atom is 0.215 e. The number of benzene rings is 2. The minimum atomic E-state index is -0.965. The fraction of sp³-hybridized carbons (Fsp3) is 0.263. The van der Waals surface area contributed by atoms with Gasteiger partial charge in [0.25, 0.3) is 0 Å². The standard InChI is InChI=1S/C19H17ClFN3O3/c1-13-9-25-19(27-13,10-24-12-22-11-23-24)14-2-5-16(6-3-14)26-18-8-15(20)4-7-17(18)21/h2-8,11-13H,9-10H2,1H3. The Labute approximate surface area is 160 Å². The molecule has 0 bridgehead atoms. The van der Waals surface area contributed by atoms with E-state index in [0.29, 0.717) is 23.9 Å². The molecule has 3 aromatic rings. The molecule has 0 saturated carbocycles. The largest absolute Gasteiger partial charge is 0.454 e. The Bertz CT molecular complexity index is 920. The lowest BCUT2D eigenvalue weighted by Crippen LogP contribution is -2.33. The van der Waals surface area contributed by atoms with Gasteiger partial charge in [-0.05, 0) is 43.3 Å². The van der Waals surface area contributed by atoms with Crippen LogP contribution in [0.3, 0.4) is 0 Å². The molecule has 1 aliphatic heterocycles. The van der Waals surface area contributed by atoms with Crippen molar-refractivity contribution in [3.63, 3.8) is 0 Å². The van der Waals surface area contributed by atoms with Crippen LogP contribution in [0, 0.1) is 5.82 Å². The summed E-state index contributed by atoms with van der Waals surface area (Å²) in [5.41, 5.74) is 0.807.